The van der Waals surface area contributed by atoms with Gasteiger partial charge in [-0.3, -0.25) is 0 Å². The van der Waals surface area contributed by atoms with Gasteiger partial charge in [0.05, 0.1) is 12.1 Å². The van der Waals surface area contributed by atoms with Gasteiger partial charge in [0, 0.05) is 17.5 Å². The van der Waals surface area contributed by atoms with Crippen LogP contribution in [0.5, 0.6) is 0 Å². The average molecular weight is 184 g/mol. The summed E-state index contributed by atoms with van der Waals surface area (Å²) in [6, 6.07) is 1.15. The third-order valence-corrected chi connectivity index (χ3v) is 4.59. The van der Waals surface area contributed by atoms with E-state index < -0.39 is 0 Å². The van der Waals surface area contributed by atoms with E-state index in [1.165, 1.54) is 12.8 Å². The first-order valence-electron chi connectivity index (χ1n) is 4.55. The SMILES string of the molecule is O=C1NC2CSC3CCCN1C23. The van der Waals surface area contributed by atoms with E-state index >= 15 is 0 Å². The van der Waals surface area contributed by atoms with Crippen molar-refractivity contribution in [2.45, 2.75) is 30.2 Å². The van der Waals surface area contributed by atoms with Crippen LogP contribution >= 0.6 is 11.8 Å². The van der Waals surface area contributed by atoms with E-state index in [0.29, 0.717) is 12.1 Å². The largest absolute Gasteiger partial charge is 0.332 e. The van der Waals surface area contributed by atoms with Crippen molar-refractivity contribution in [2.24, 2.45) is 0 Å². The lowest BCUT2D eigenvalue weighted by atomic mass is 9.99. The maximum atomic E-state index is 11.4. The molecule has 0 radical (unpaired) electrons. The zero-order valence-corrected chi connectivity index (χ0v) is 7.64. The van der Waals surface area contributed by atoms with Crippen molar-refractivity contribution in [3.05, 3.63) is 0 Å². The Bertz CT molecular complexity index is 231. The first-order chi connectivity index (χ1) is 5.86. The van der Waals surface area contributed by atoms with Gasteiger partial charge in [-0.05, 0) is 12.8 Å². The summed E-state index contributed by atoms with van der Waals surface area (Å²) in [6.07, 6.45) is 2.49. The summed E-state index contributed by atoms with van der Waals surface area (Å²) < 4.78 is 0. The predicted octanol–water partition coefficient (Wildman–Crippen LogP) is 0.658. The molecule has 0 spiro atoms. The summed E-state index contributed by atoms with van der Waals surface area (Å²) >= 11 is 2.04. The zero-order chi connectivity index (χ0) is 8.13. The van der Waals surface area contributed by atoms with Crippen LogP contribution in [0.1, 0.15) is 12.8 Å². The highest BCUT2D eigenvalue weighted by Gasteiger charge is 2.49. The van der Waals surface area contributed by atoms with Crippen LogP contribution in [-0.4, -0.2) is 40.6 Å². The molecule has 0 saturated carbocycles. The number of nitrogens with zero attached hydrogens (tertiary/aromatic N) is 1. The van der Waals surface area contributed by atoms with E-state index in [1.807, 2.05) is 16.7 Å². The van der Waals surface area contributed by atoms with Crippen LogP contribution in [0.15, 0.2) is 0 Å². The Morgan fingerprint density at radius 3 is 3.42 bits per heavy atom. The summed E-state index contributed by atoms with van der Waals surface area (Å²) in [5.74, 6) is 1.12. The molecule has 1 N–H and O–H groups in total. The van der Waals surface area contributed by atoms with Crippen LogP contribution in [0.2, 0.25) is 0 Å². The lowest BCUT2D eigenvalue weighted by Gasteiger charge is -2.32. The van der Waals surface area contributed by atoms with Crippen molar-refractivity contribution in [3.63, 3.8) is 0 Å². The maximum Gasteiger partial charge on any atom is 0.318 e. The highest BCUT2D eigenvalue weighted by Crippen LogP contribution is 2.39. The third kappa shape index (κ3) is 0.762. The standard InChI is InChI=1S/C8H12N2OS/c11-8-9-5-4-12-6-2-1-3-10(8)7(5)6/h5-7H,1-4H2,(H,9,11). The minimum Gasteiger partial charge on any atom is -0.332 e. The second-order valence-corrected chi connectivity index (χ2v) is 5.03. The molecular weight excluding hydrogens is 172 g/mol. The number of carbonyl (C=O) groups is 1. The van der Waals surface area contributed by atoms with E-state index in [9.17, 15) is 4.79 Å². The van der Waals surface area contributed by atoms with Crippen molar-refractivity contribution in [3.8, 4) is 0 Å². The summed E-state index contributed by atoms with van der Waals surface area (Å²) in [5, 5.41) is 3.78. The van der Waals surface area contributed by atoms with Crippen LogP contribution in [0.4, 0.5) is 4.79 Å². The molecule has 3 aliphatic rings. The molecule has 2 amide bonds. The molecule has 3 atom stereocenters. The number of hydrogen-bond acceptors (Lipinski definition) is 2. The molecule has 3 heterocycles. The molecule has 3 aliphatic heterocycles. The molecule has 0 bridgehead atoms. The van der Waals surface area contributed by atoms with Gasteiger partial charge in [-0.1, -0.05) is 0 Å². The Morgan fingerprint density at radius 2 is 2.50 bits per heavy atom. The smallest absolute Gasteiger partial charge is 0.318 e. The molecular formula is C8H12N2OS. The van der Waals surface area contributed by atoms with Gasteiger partial charge in [-0.25, -0.2) is 4.79 Å². The number of hydrogen-bond donors (Lipinski definition) is 1. The highest BCUT2D eigenvalue weighted by atomic mass is 32.2. The van der Waals surface area contributed by atoms with Gasteiger partial charge in [0.2, 0.25) is 0 Å². The summed E-state index contributed by atoms with van der Waals surface area (Å²) in [7, 11) is 0. The van der Waals surface area contributed by atoms with E-state index in [1.54, 1.807) is 0 Å². The molecule has 3 rings (SSSR count). The van der Waals surface area contributed by atoms with Crippen molar-refractivity contribution in [2.75, 3.05) is 12.3 Å². The van der Waals surface area contributed by atoms with Crippen molar-refractivity contribution < 1.29 is 4.79 Å². The van der Waals surface area contributed by atoms with Crippen LogP contribution in [0, 0.1) is 0 Å². The van der Waals surface area contributed by atoms with Crippen molar-refractivity contribution in [1.82, 2.24) is 10.2 Å². The van der Waals surface area contributed by atoms with E-state index in [2.05, 4.69) is 5.32 Å². The minimum atomic E-state index is 0.176. The van der Waals surface area contributed by atoms with Gasteiger partial charge < -0.3 is 10.2 Å². The van der Waals surface area contributed by atoms with E-state index in [-0.39, 0.29) is 6.03 Å². The van der Waals surface area contributed by atoms with Crippen molar-refractivity contribution >= 4 is 17.8 Å². The van der Waals surface area contributed by atoms with E-state index in [4.69, 9.17) is 0 Å². The fourth-order valence-electron chi connectivity index (χ4n) is 2.57. The van der Waals surface area contributed by atoms with Crippen LogP contribution in [0.25, 0.3) is 0 Å². The molecule has 0 aliphatic carbocycles. The summed E-state index contributed by atoms with van der Waals surface area (Å²) in [4.78, 5) is 13.4. The molecule has 0 aromatic heterocycles. The number of rotatable bonds is 0. The first-order valence-corrected chi connectivity index (χ1v) is 5.60. The number of nitrogens with one attached hydrogen (secondary N) is 1. The Kier molecular flexibility index (Phi) is 1.36. The fraction of sp³-hybridized carbons (Fsp3) is 0.875. The van der Waals surface area contributed by atoms with Crippen LogP contribution in [-0.2, 0) is 0 Å². The lowest BCUT2D eigenvalue weighted by molar-refractivity contribution is 0.187. The Morgan fingerprint density at radius 1 is 1.58 bits per heavy atom. The van der Waals surface area contributed by atoms with Gasteiger partial charge in [-0.15, -0.1) is 0 Å². The van der Waals surface area contributed by atoms with Gasteiger partial charge in [0.1, 0.15) is 0 Å². The van der Waals surface area contributed by atoms with Gasteiger partial charge in [0.25, 0.3) is 0 Å². The quantitative estimate of drug-likeness (QED) is 0.561. The normalized spacial score (nSPS) is 44.5. The second kappa shape index (κ2) is 2.31. The number of carbonyl (C=O) groups excluding carboxylic acids is 1. The highest BCUT2D eigenvalue weighted by molar-refractivity contribution is 8.00. The second-order valence-electron chi connectivity index (χ2n) is 3.75. The van der Waals surface area contributed by atoms with Gasteiger partial charge in [-0.2, -0.15) is 11.8 Å². The minimum absolute atomic E-state index is 0.176. The molecule has 0 aromatic carbocycles. The number of amides is 2. The molecule has 66 valence electrons. The fourth-order valence-corrected chi connectivity index (χ4v) is 4.18. The Hall–Kier alpha value is -0.380. The molecule has 3 saturated heterocycles. The maximum absolute atomic E-state index is 11.4. The van der Waals surface area contributed by atoms with Crippen molar-refractivity contribution in [1.29, 1.82) is 0 Å². The Balaban J connectivity index is 1.94. The average Bonchev–Trinajstić information content (AvgIpc) is 2.61. The molecule has 3 fully saturated rings. The summed E-state index contributed by atoms with van der Waals surface area (Å²) in [5.41, 5.74) is 0. The van der Waals surface area contributed by atoms with Crippen LogP contribution in [0.3, 0.4) is 0 Å². The third-order valence-electron chi connectivity index (χ3n) is 3.10. The molecule has 12 heavy (non-hydrogen) atoms. The monoisotopic (exact) mass is 184 g/mol. The molecule has 3 unspecified atom stereocenters. The molecule has 0 aromatic rings. The summed E-state index contributed by atoms with van der Waals surface area (Å²) in [6.45, 7) is 0.976. The predicted molar refractivity (Wildman–Crippen MR) is 48.3 cm³/mol. The number of thioether (sulfide) groups is 1. The Labute approximate surface area is 75.9 Å². The molecule has 4 heteroatoms. The van der Waals surface area contributed by atoms with Crippen LogP contribution < -0.4 is 5.32 Å². The molecule has 3 nitrogen and oxygen atoms in total. The van der Waals surface area contributed by atoms with Gasteiger partial charge in [0.15, 0.2) is 0 Å². The number of piperidine rings is 1. The van der Waals surface area contributed by atoms with E-state index in [0.717, 1.165) is 17.5 Å². The lowest BCUT2D eigenvalue weighted by Crippen LogP contribution is -2.44. The first kappa shape index (κ1) is 7.06. The zero-order valence-electron chi connectivity index (χ0n) is 6.82. The van der Waals surface area contributed by atoms with Gasteiger partial charge >= 0.3 is 6.03 Å². The topological polar surface area (TPSA) is 32.3 Å². The number of urea groups is 1.